The van der Waals surface area contributed by atoms with Crippen molar-refractivity contribution >= 4 is 5.91 Å². The highest BCUT2D eigenvalue weighted by molar-refractivity contribution is 5.75. The van der Waals surface area contributed by atoms with Crippen LogP contribution in [0.2, 0.25) is 0 Å². The number of carbonyl (C=O) groups is 1. The summed E-state index contributed by atoms with van der Waals surface area (Å²) < 4.78 is 7.60. The normalized spacial score (nSPS) is 10.7. The quantitative estimate of drug-likeness (QED) is 0.521. The molecule has 0 unspecified atom stereocenters. The van der Waals surface area contributed by atoms with E-state index in [0.29, 0.717) is 26.0 Å². The van der Waals surface area contributed by atoms with E-state index in [1.165, 1.54) is 11.1 Å². The monoisotopic (exact) mass is 391 g/mol. The largest absolute Gasteiger partial charge is 0.494 e. The SMILES string of the molecule is Cc1cccc(OCCCC(=O)NCCCc2cn(-c3ccccc3)nc2C)c1. The summed E-state index contributed by atoms with van der Waals surface area (Å²) in [7, 11) is 0. The number of aromatic nitrogens is 2. The molecule has 0 fully saturated rings. The zero-order valence-corrected chi connectivity index (χ0v) is 17.2. The zero-order valence-electron chi connectivity index (χ0n) is 17.2. The Morgan fingerprint density at radius 1 is 1.07 bits per heavy atom. The van der Waals surface area contributed by atoms with Crippen LogP contribution >= 0.6 is 0 Å². The van der Waals surface area contributed by atoms with Crippen molar-refractivity contribution in [3.05, 3.63) is 77.6 Å². The molecule has 3 rings (SSSR count). The first kappa shape index (κ1) is 20.6. The molecule has 1 heterocycles. The van der Waals surface area contributed by atoms with Crippen molar-refractivity contribution in [2.45, 2.75) is 39.5 Å². The molecule has 5 heteroatoms. The Kier molecular flexibility index (Phi) is 7.45. The Morgan fingerprint density at radius 2 is 1.90 bits per heavy atom. The highest BCUT2D eigenvalue weighted by atomic mass is 16.5. The third-order valence-electron chi connectivity index (χ3n) is 4.77. The van der Waals surface area contributed by atoms with Crippen molar-refractivity contribution in [1.29, 1.82) is 0 Å². The van der Waals surface area contributed by atoms with Gasteiger partial charge in [-0.25, -0.2) is 4.68 Å². The van der Waals surface area contributed by atoms with Gasteiger partial charge in [0, 0.05) is 19.2 Å². The lowest BCUT2D eigenvalue weighted by Crippen LogP contribution is -2.24. The van der Waals surface area contributed by atoms with E-state index < -0.39 is 0 Å². The lowest BCUT2D eigenvalue weighted by Gasteiger charge is -2.07. The van der Waals surface area contributed by atoms with Gasteiger partial charge in [0.2, 0.25) is 5.91 Å². The summed E-state index contributed by atoms with van der Waals surface area (Å²) in [5.74, 6) is 0.936. The molecule has 0 aliphatic heterocycles. The van der Waals surface area contributed by atoms with Crippen molar-refractivity contribution in [2.75, 3.05) is 13.2 Å². The van der Waals surface area contributed by atoms with Crippen molar-refractivity contribution in [3.8, 4) is 11.4 Å². The molecule has 0 saturated carbocycles. The van der Waals surface area contributed by atoms with Crippen LogP contribution in [0.3, 0.4) is 0 Å². The number of hydrogen-bond donors (Lipinski definition) is 1. The summed E-state index contributed by atoms with van der Waals surface area (Å²) >= 11 is 0. The molecule has 152 valence electrons. The van der Waals surface area contributed by atoms with Crippen LogP contribution in [-0.2, 0) is 11.2 Å². The Morgan fingerprint density at radius 3 is 2.69 bits per heavy atom. The fraction of sp³-hybridized carbons (Fsp3) is 0.333. The molecular formula is C24H29N3O2. The van der Waals surface area contributed by atoms with Crippen LogP contribution in [-0.4, -0.2) is 28.8 Å². The highest BCUT2D eigenvalue weighted by Gasteiger charge is 2.07. The van der Waals surface area contributed by atoms with E-state index in [0.717, 1.165) is 30.0 Å². The van der Waals surface area contributed by atoms with Crippen molar-refractivity contribution < 1.29 is 9.53 Å². The average molecular weight is 392 g/mol. The lowest BCUT2D eigenvalue weighted by molar-refractivity contribution is -0.121. The number of rotatable bonds is 10. The van der Waals surface area contributed by atoms with Gasteiger partial charge in [-0.3, -0.25) is 4.79 Å². The molecule has 0 aliphatic carbocycles. The molecule has 0 bridgehead atoms. The van der Waals surface area contributed by atoms with Crippen molar-refractivity contribution in [2.24, 2.45) is 0 Å². The van der Waals surface area contributed by atoms with Crippen LogP contribution in [0.5, 0.6) is 5.75 Å². The summed E-state index contributed by atoms with van der Waals surface area (Å²) in [5.41, 5.74) is 4.48. The standard InChI is InChI=1S/C24H29N3O2/c1-19-9-6-13-23(17-19)29-16-8-14-24(28)25-15-7-10-21-18-27(26-20(21)2)22-11-4-3-5-12-22/h3-6,9,11-13,17-18H,7-8,10,14-16H2,1-2H3,(H,25,28). The van der Waals surface area contributed by atoms with Gasteiger partial charge in [0.25, 0.3) is 0 Å². The van der Waals surface area contributed by atoms with Gasteiger partial charge >= 0.3 is 0 Å². The summed E-state index contributed by atoms with van der Waals surface area (Å²) in [6, 6.07) is 18.0. The minimum atomic E-state index is 0.0783. The minimum Gasteiger partial charge on any atom is -0.494 e. The maximum absolute atomic E-state index is 12.0. The number of nitrogens with one attached hydrogen (secondary N) is 1. The summed E-state index contributed by atoms with van der Waals surface area (Å²) in [6.07, 6.45) is 5.07. The van der Waals surface area contributed by atoms with Gasteiger partial charge in [-0.2, -0.15) is 5.10 Å². The third-order valence-corrected chi connectivity index (χ3v) is 4.77. The van der Waals surface area contributed by atoms with Gasteiger partial charge < -0.3 is 10.1 Å². The molecule has 1 aromatic heterocycles. The maximum atomic E-state index is 12.0. The summed E-state index contributed by atoms with van der Waals surface area (Å²) in [5, 5.41) is 7.59. The molecule has 0 aliphatic rings. The van der Waals surface area contributed by atoms with E-state index in [1.807, 2.05) is 73.1 Å². The zero-order chi connectivity index (χ0) is 20.5. The molecule has 2 aromatic carbocycles. The maximum Gasteiger partial charge on any atom is 0.220 e. The smallest absolute Gasteiger partial charge is 0.220 e. The molecular weight excluding hydrogens is 362 g/mol. The predicted molar refractivity (Wildman–Crippen MR) is 116 cm³/mol. The predicted octanol–water partition coefficient (Wildman–Crippen LogP) is 4.40. The van der Waals surface area contributed by atoms with Gasteiger partial charge in [0.15, 0.2) is 0 Å². The average Bonchev–Trinajstić information content (AvgIpc) is 3.10. The number of para-hydroxylation sites is 1. The minimum absolute atomic E-state index is 0.0783. The number of carbonyl (C=O) groups excluding carboxylic acids is 1. The Bertz CT molecular complexity index is 919. The second-order valence-electron chi connectivity index (χ2n) is 7.24. The number of benzene rings is 2. The van der Waals surface area contributed by atoms with Crippen LogP contribution in [0.1, 0.15) is 36.1 Å². The Hall–Kier alpha value is -3.08. The third kappa shape index (κ3) is 6.49. The van der Waals surface area contributed by atoms with Gasteiger partial charge in [-0.15, -0.1) is 0 Å². The Labute approximate surface area is 172 Å². The summed E-state index contributed by atoms with van der Waals surface area (Å²) in [6.45, 7) is 5.29. The van der Waals surface area contributed by atoms with Gasteiger partial charge in [-0.05, 0) is 68.5 Å². The second kappa shape index (κ2) is 10.5. The first-order valence-electron chi connectivity index (χ1n) is 10.2. The van der Waals surface area contributed by atoms with Gasteiger partial charge in [0.1, 0.15) is 5.75 Å². The molecule has 0 spiro atoms. The van der Waals surface area contributed by atoms with E-state index >= 15 is 0 Å². The summed E-state index contributed by atoms with van der Waals surface area (Å²) in [4.78, 5) is 12.0. The molecule has 0 saturated heterocycles. The molecule has 0 atom stereocenters. The first-order chi connectivity index (χ1) is 14.1. The van der Waals surface area contributed by atoms with Crippen LogP contribution in [0.25, 0.3) is 5.69 Å². The lowest BCUT2D eigenvalue weighted by atomic mass is 10.1. The molecule has 0 radical (unpaired) electrons. The number of aryl methyl sites for hydroxylation is 3. The van der Waals surface area contributed by atoms with Crippen LogP contribution < -0.4 is 10.1 Å². The van der Waals surface area contributed by atoms with E-state index in [4.69, 9.17) is 4.74 Å². The Balaban J connectivity index is 1.32. The molecule has 1 N–H and O–H groups in total. The number of ether oxygens (including phenoxy) is 1. The second-order valence-corrected chi connectivity index (χ2v) is 7.24. The fourth-order valence-electron chi connectivity index (χ4n) is 3.18. The molecule has 29 heavy (non-hydrogen) atoms. The van der Waals surface area contributed by atoms with Crippen LogP contribution in [0, 0.1) is 13.8 Å². The van der Waals surface area contributed by atoms with Gasteiger partial charge in [0.05, 0.1) is 18.0 Å². The van der Waals surface area contributed by atoms with Crippen molar-refractivity contribution in [3.63, 3.8) is 0 Å². The molecule has 3 aromatic rings. The fourth-order valence-corrected chi connectivity index (χ4v) is 3.18. The molecule has 1 amide bonds. The van der Waals surface area contributed by atoms with E-state index in [2.05, 4.69) is 16.6 Å². The van der Waals surface area contributed by atoms with Crippen LogP contribution in [0.4, 0.5) is 0 Å². The number of amides is 1. The van der Waals surface area contributed by atoms with Crippen LogP contribution in [0.15, 0.2) is 60.8 Å². The van der Waals surface area contributed by atoms with Crippen molar-refractivity contribution in [1.82, 2.24) is 15.1 Å². The topological polar surface area (TPSA) is 56.1 Å². The number of nitrogens with zero attached hydrogens (tertiary/aromatic N) is 2. The van der Waals surface area contributed by atoms with E-state index in [9.17, 15) is 4.79 Å². The van der Waals surface area contributed by atoms with Gasteiger partial charge in [-0.1, -0.05) is 30.3 Å². The van der Waals surface area contributed by atoms with E-state index in [1.54, 1.807) is 0 Å². The van der Waals surface area contributed by atoms with E-state index in [-0.39, 0.29) is 5.91 Å². The molecule has 5 nitrogen and oxygen atoms in total. The first-order valence-corrected chi connectivity index (χ1v) is 10.2. The number of hydrogen-bond acceptors (Lipinski definition) is 3. The highest BCUT2D eigenvalue weighted by Crippen LogP contribution is 2.14.